The molecule has 2 amide bonds. The number of alkyl halides is 3. The maximum absolute atomic E-state index is 11.9. The first kappa shape index (κ1) is 18.1. The van der Waals surface area contributed by atoms with E-state index >= 15 is 0 Å². The monoisotopic (exact) mass is 320 g/mol. The molecule has 1 rings (SSSR count). The van der Waals surface area contributed by atoms with Crippen LogP contribution in [0, 0.1) is 0 Å². The zero-order valence-corrected chi connectivity index (χ0v) is 12.0. The molecule has 0 unspecified atom stereocenters. The van der Waals surface area contributed by atoms with Crippen molar-refractivity contribution in [2.75, 3.05) is 13.1 Å². The Hall–Kier alpha value is -1.99. The first-order valence-electron chi connectivity index (χ1n) is 7.02. The Morgan fingerprint density at radius 3 is 2.23 bits per heavy atom. The van der Waals surface area contributed by atoms with Gasteiger partial charge in [0.05, 0.1) is 18.9 Å². The summed E-state index contributed by atoms with van der Waals surface area (Å²) < 4.78 is 40.5. The molecule has 0 atom stereocenters. The Bertz CT molecular complexity index is 458. The van der Waals surface area contributed by atoms with Crippen LogP contribution in [0.3, 0.4) is 0 Å². The summed E-state index contributed by atoms with van der Waals surface area (Å²) >= 11 is 0. The van der Waals surface area contributed by atoms with Crippen molar-refractivity contribution >= 4 is 11.8 Å². The molecule has 0 aliphatic rings. The standard InChI is InChI=1S/C14H19F3N2O3/c15-14(16,17)13(21)19-7-4-2-1-3-6-18-12(20)9-11-5-8-22-10-11/h5,8,10H,1-4,6-7,9H2,(H,18,20)(H,19,21). The average Bonchev–Trinajstić information content (AvgIpc) is 2.93. The topological polar surface area (TPSA) is 71.3 Å². The number of hydrogen-bond acceptors (Lipinski definition) is 3. The highest BCUT2D eigenvalue weighted by molar-refractivity contribution is 5.81. The molecular weight excluding hydrogens is 301 g/mol. The number of furan rings is 1. The van der Waals surface area contributed by atoms with Crippen LogP contribution >= 0.6 is 0 Å². The molecule has 124 valence electrons. The zero-order valence-electron chi connectivity index (χ0n) is 12.0. The molecule has 22 heavy (non-hydrogen) atoms. The fourth-order valence-electron chi connectivity index (χ4n) is 1.77. The molecule has 1 aromatic rings. The number of nitrogens with one attached hydrogen (secondary N) is 2. The first-order valence-corrected chi connectivity index (χ1v) is 7.02. The summed E-state index contributed by atoms with van der Waals surface area (Å²) in [6, 6.07) is 1.72. The highest BCUT2D eigenvalue weighted by atomic mass is 19.4. The predicted octanol–water partition coefficient (Wildman–Crippen LogP) is 2.18. The van der Waals surface area contributed by atoms with Crippen LogP contribution in [0.25, 0.3) is 0 Å². The number of halogens is 3. The lowest BCUT2D eigenvalue weighted by molar-refractivity contribution is -0.173. The molecule has 0 aromatic carbocycles. The number of hydrogen-bond donors (Lipinski definition) is 2. The van der Waals surface area contributed by atoms with E-state index in [4.69, 9.17) is 4.42 Å². The predicted molar refractivity (Wildman–Crippen MR) is 73.0 cm³/mol. The van der Waals surface area contributed by atoms with Crippen LogP contribution in [0.15, 0.2) is 23.0 Å². The van der Waals surface area contributed by atoms with Gasteiger partial charge in [0.1, 0.15) is 0 Å². The van der Waals surface area contributed by atoms with Crippen LogP contribution in [-0.2, 0) is 16.0 Å². The molecule has 1 aromatic heterocycles. The van der Waals surface area contributed by atoms with Crippen molar-refractivity contribution in [2.45, 2.75) is 38.3 Å². The van der Waals surface area contributed by atoms with Crippen molar-refractivity contribution in [3.8, 4) is 0 Å². The molecule has 0 radical (unpaired) electrons. The molecule has 2 N–H and O–H groups in total. The molecule has 0 saturated heterocycles. The minimum absolute atomic E-state index is 0.00515. The number of unbranched alkanes of at least 4 members (excludes halogenated alkanes) is 3. The van der Waals surface area contributed by atoms with Gasteiger partial charge in [-0.05, 0) is 24.5 Å². The van der Waals surface area contributed by atoms with E-state index in [1.165, 1.54) is 12.5 Å². The summed E-state index contributed by atoms with van der Waals surface area (Å²) in [6.45, 7) is 0.525. The quantitative estimate of drug-likeness (QED) is 0.685. The highest BCUT2D eigenvalue weighted by Crippen LogP contribution is 2.14. The van der Waals surface area contributed by atoms with Crippen molar-refractivity contribution in [3.05, 3.63) is 24.2 Å². The lowest BCUT2D eigenvalue weighted by atomic mass is 10.2. The second-order valence-corrected chi connectivity index (χ2v) is 4.83. The number of carbonyl (C=O) groups excluding carboxylic acids is 2. The Balaban J connectivity index is 1.93. The third-order valence-electron chi connectivity index (χ3n) is 2.91. The second kappa shape index (κ2) is 9.11. The van der Waals surface area contributed by atoms with Crippen molar-refractivity contribution < 1.29 is 27.2 Å². The molecule has 0 spiro atoms. The van der Waals surface area contributed by atoms with Gasteiger partial charge in [-0.15, -0.1) is 0 Å². The van der Waals surface area contributed by atoms with Crippen LogP contribution in [0.1, 0.15) is 31.2 Å². The van der Waals surface area contributed by atoms with Crippen LogP contribution in [0.5, 0.6) is 0 Å². The maximum atomic E-state index is 11.9. The minimum Gasteiger partial charge on any atom is -0.472 e. The summed E-state index contributed by atoms with van der Waals surface area (Å²) in [5.41, 5.74) is 0.804. The third kappa shape index (κ3) is 7.70. The Morgan fingerprint density at radius 1 is 1.05 bits per heavy atom. The number of carbonyl (C=O) groups is 2. The van der Waals surface area contributed by atoms with Crippen molar-refractivity contribution in [1.82, 2.24) is 10.6 Å². The summed E-state index contributed by atoms with van der Waals surface area (Å²) in [7, 11) is 0. The molecule has 1 heterocycles. The maximum Gasteiger partial charge on any atom is 0.471 e. The van der Waals surface area contributed by atoms with Crippen molar-refractivity contribution in [3.63, 3.8) is 0 Å². The van der Waals surface area contributed by atoms with Crippen LogP contribution in [0.4, 0.5) is 13.2 Å². The van der Waals surface area contributed by atoms with Gasteiger partial charge < -0.3 is 15.1 Å². The summed E-state index contributed by atoms with van der Waals surface area (Å²) in [6.07, 6.45) is 1.13. The average molecular weight is 320 g/mol. The van der Waals surface area contributed by atoms with Gasteiger partial charge in [0.2, 0.25) is 5.91 Å². The summed E-state index contributed by atoms with van der Waals surface area (Å²) in [5.74, 6) is -2.00. The van der Waals surface area contributed by atoms with Crippen molar-refractivity contribution in [2.24, 2.45) is 0 Å². The molecule has 0 fully saturated rings. The van der Waals surface area contributed by atoms with Gasteiger partial charge in [0, 0.05) is 13.1 Å². The Kier molecular flexibility index (Phi) is 7.48. The summed E-state index contributed by atoms with van der Waals surface area (Å²) in [4.78, 5) is 22.0. The highest BCUT2D eigenvalue weighted by Gasteiger charge is 2.38. The molecule has 0 aliphatic heterocycles. The van der Waals surface area contributed by atoms with Crippen LogP contribution in [-0.4, -0.2) is 31.1 Å². The first-order chi connectivity index (χ1) is 10.4. The molecular formula is C14H19F3N2O3. The van der Waals surface area contributed by atoms with Crippen molar-refractivity contribution in [1.29, 1.82) is 0 Å². The minimum atomic E-state index is -4.82. The molecule has 0 bridgehead atoms. The molecule has 5 nitrogen and oxygen atoms in total. The summed E-state index contributed by atoms with van der Waals surface area (Å²) in [5, 5.41) is 4.56. The fourth-order valence-corrected chi connectivity index (χ4v) is 1.77. The normalized spacial score (nSPS) is 11.2. The number of amides is 2. The van der Waals surface area contributed by atoms with Crippen LogP contribution < -0.4 is 10.6 Å². The van der Waals surface area contributed by atoms with E-state index in [1.54, 1.807) is 6.07 Å². The van der Waals surface area contributed by atoms with Gasteiger partial charge in [0.25, 0.3) is 0 Å². The zero-order chi connectivity index (χ0) is 16.4. The van der Waals surface area contributed by atoms with E-state index in [9.17, 15) is 22.8 Å². The fraction of sp³-hybridized carbons (Fsp3) is 0.571. The Labute approximate surface area is 126 Å². The second-order valence-electron chi connectivity index (χ2n) is 4.83. The molecule has 0 saturated carbocycles. The van der Waals surface area contributed by atoms with Gasteiger partial charge in [-0.25, -0.2) is 0 Å². The van der Waals surface area contributed by atoms with E-state index in [-0.39, 0.29) is 18.9 Å². The smallest absolute Gasteiger partial charge is 0.471 e. The molecule has 8 heteroatoms. The third-order valence-corrected chi connectivity index (χ3v) is 2.91. The van der Waals surface area contributed by atoms with Crippen LogP contribution in [0.2, 0.25) is 0 Å². The number of rotatable bonds is 9. The lowest BCUT2D eigenvalue weighted by Gasteiger charge is -2.07. The van der Waals surface area contributed by atoms with E-state index in [1.807, 2.05) is 5.32 Å². The van der Waals surface area contributed by atoms with E-state index in [0.717, 1.165) is 18.4 Å². The largest absolute Gasteiger partial charge is 0.472 e. The SMILES string of the molecule is O=C(Cc1ccoc1)NCCCCCCNC(=O)C(F)(F)F. The van der Waals surface area contributed by atoms with Gasteiger partial charge in [-0.2, -0.15) is 13.2 Å². The van der Waals surface area contributed by atoms with E-state index in [2.05, 4.69) is 5.32 Å². The van der Waals surface area contributed by atoms with Gasteiger partial charge in [-0.1, -0.05) is 12.8 Å². The van der Waals surface area contributed by atoms with Gasteiger partial charge in [0.15, 0.2) is 0 Å². The van der Waals surface area contributed by atoms with E-state index < -0.39 is 12.1 Å². The van der Waals surface area contributed by atoms with E-state index in [0.29, 0.717) is 19.4 Å². The Morgan fingerprint density at radius 2 is 1.68 bits per heavy atom. The molecule has 0 aliphatic carbocycles. The lowest BCUT2D eigenvalue weighted by Crippen LogP contribution is -2.37. The van der Waals surface area contributed by atoms with Gasteiger partial charge >= 0.3 is 12.1 Å². The van der Waals surface area contributed by atoms with Gasteiger partial charge in [-0.3, -0.25) is 9.59 Å².